The summed E-state index contributed by atoms with van der Waals surface area (Å²) in [6.07, 6.45) is 9.88. The normalized spacial score (nSPS) is 19.9. The molecule has 2 heterocycles. The minimum atomic E-state index is 0.723. The van der Waals surface area contributed by atoms with Crippen molar-refractivity contribution in [3.63, 3.8) is 0 Å². The zero-order chi connectivity index (χ0) is 13.5. The molecule has 1 N–H and O–H groups in total. The number of hydrogen-bond donors (Lipinski definition) is 1. The zero-order valence-corrected chi connectivity index (χ0v) is 13.1. The van der Waals surface area contributed by atoms with Gasteiger partial charge in [0.2, 0.25) is 0 Å². The Morgan fingerprint density at radius 1 is 1.37 bits per heavy atom. The minimum Gasteiger partial charge on any atom is -0.345 e. The number of nitrogens with one attached hydrogen (secondary N) is 1. The first kappa shape index (κ1) is 14.8. The summed E-state index contributed by atoms with van der Waals surface area (Å²) in [6, 6.07) is 0.723. The Morgan fingerprint density at radius 3 is 3.05 bits per heavy atom. The molecule has 108 valence electrons. The summed E-state index contributed by atoms with van der Waals surface area (Å²) >= 11 is 1.87. The quantitative estimate of drug-likeness (QED) is 0.771. The van der Waals surface area contributed by atoms with Crippen molar-refractivity contribution in [2.75, 3.05) is 18.0 Å². The van der Waals surface area contributed by atoms with Crippen LogP contribution in [0.5, 0.6) is 0 Å². The van der Waals surface area contributed by atoms with Gasteiger partial charge in [0.15, 0.2) is 5.13 Å². The molecule has 0 aromatic carbocycles. The molecule has 0 amide bonds. The monoisotopic (exact) mass is 281 g/mol. The summed E-state index contributed by atoms with van der Waals surface area (Å²) in [5.41, 5.74) is 0. The van der Waals surface area contributed by atoms with Crippen LogP contribution in [0.4, 0.5) is 5.13 Å². The van der Waals surface area contributed by atoms with Crippen LogP contribution in [-0.2, 0) is 6.54 Å². The lowest BCUT2D eigenvalue weighted by Crippen LogP contribution is -2.39. The Balaban J connectivity index is 1.95. The van der Waals surface area contributed by atoms with Crippen LogP contribution in [0.3, 0.4) is 0 Å². The number of hydrogen-bond acceptors (Lipinski definition) is 4. The number of nitrogens with zero attached hydrogens (tertiary/aromatic N) is 2. The molecule has 1 aromatic rings. The van der Waals surface area contributed by atoms with Crippen LogP contribution in [0.2, 0.25) is 0 Å². The second-order valence-corrected chi connectivity index (χ2v) is 6.51. The lowest BCUT2D eigenvalue weighted by atomic mass is 9.99. The molecule has 1 saturated heterocycles. The maximum atomic E-state index is 4.66. The maximum Gasteiger partial charge on any atom is 0.185 e. The summed E-state index contributed by atoms with van der Waals surface area (Å²) in [4.78, 5) is 8.58. The largest absolute Gasteiger partial charge is 0.345 e. The fourth-order valence-electron chi connectivity index (χ4n) is 2.79. The highest BCUT2D eigenvalue weighted by atomic mass is 32.1. The zero-order valence-electron chi connectivity index (χ0n) is 12.3. The second-order valence-electron chi connectivity index (χ2n) is 5.42. The maximum absolute atomic E-state index is 4.66. The molecule has 1 aromatic heterocycles. The van der Waals surface area contributed by atoms with Crippen molar-refractivity contribution in [2.45, 2.75) is 65.0 Å². The molecule has 0 spiro atoms. The van der Waals surface area contributed by atoms with Crippen LogP contribution in [0.15, 0.2) is 6.20 Å². The molecule has 0 bridgehead atoms. The number of aromatic nitrogens is 1. The number of piperidine rings is 1. The number of anilines is 1. The first-order chi connectivity index (χ1) is 9.35. The van der Waals surface area contributed by atoms with E-state index >= 15 is 0 Å². The van der Waals surface area contributed by atoms with Crippen LogP contribution in [-0.4, -0.2) is 24.1 Å². The highest BCUT2D eigenvalue weighted by molar-refractivity contribution is 7.15. The van der Waals surface area contributed by atoms with Crippen LogP contribution >= 0.6 is 11.3 Å². The molecule has 3 nitrogen and oxygen atoms in total. The average Bonchev–Trinajstić information content (AvgIpc) is 2.89. The Morgan fingerprint density at radius 2 is 2.26 bits per heavy atom. The molecule has 1 fully saturated rings. The van der Waals surface area contributed by atoms with Gasteiger partial charge in [-0.2, -0.15) is 0 Å². The van der Waals surface area contributed by atoms with Gasteiger partial charge in [0.25, 0.3) is 0 Å². The third-order valence-electron chi connectivity index (χ3n) is 3.76. The standard InChI is InChI=1S/C15H27N3S/c1-3-7-13-8-5-6-10-18(13)15-17-12-14(19-15)11-16-9-4-2/h12-13,16H,3-11H2,1-2H3. The van der Waals surface area contributed by atoms with Crippen molar-refractivity contribution in [3.05, 3.63) is 11.1 Å². The van der Waals surface area contributed by atoms with E-state index in [4.69, 9.17) is 0 Å². The van der Waals surface area contributed by atoms with E-state index in [9.17, 15) is 0 Å². The van der Waals surface area contributed by atoms with Crippen LogP contribution < -0.4 is 10.2 Å². The van der Waals surface area contributed by atoms with Gasteiger partial charge in [0, 0.05) is 30.2 Å². The van der Waals surface area contributed by atoms with E-state index in [1.165, 1.54) is 55.1 Å². The number of thiazole rings is 1. The van der Waals surface area contributed by atoms with E-state index in [2.05, 4.69) is 35.2 Å². The van der Waals surface area contributed by atoms with Gasteiger partial charge in [-0.15, -0.1) is 11.3 Å². The SMILES string of the molecule is CCCNCc1cnc(N2CCCCC2CCC)s1. The van der Waals surface area contributed by atoms with Gasteiger partial charge in [0.1, 0.15) is 0 Å². The lowest BCUT2D eigenvalue weighted by Gasteiger charge is -2.35. The molecule has 0 aliphatic carbocycles. The summed E-state index contributed by atoms with van der Waals surface area (Å²) < 4.78 is 0. The second kappa shape index (κ2) is 7.85. The highest BCUT2D eigenvalue weighted by Gasteiger charge is 2.23. The Bertz CT molecular complexity index is 362. The van der Waals surface area contributed by atoms with E-state index in [1.807, 2.05) is 11.3 Å². The minimum absolute atomic E-state index is 0.723. The molecule has 19 heavy (non-hydrogen) atoms. The molecule has 2 rings (SSSR count). The van der Waals surface area contributed by atoms with Crippen LogP contribution in [0.1, 0.15) is 57.2 Å². The summed E-state index contributed by atoms with van der Waals surface area (Å²) in [6.45, 7) is 7.75. The van der Waals surface area contributed by atoms with Crippen molar-refractivity contribution in [1.29, 1.82) is 0 Å². The molecule has 1 aliphatic heterocycles. The van der Waals surface area contributed by atoms with Gasteiger partial charge < -0.3 is 10.2 Å². The van der Waals surface area contributed by atoms with Crippen molar-refractivity contribution in [2.24, 2.45) is 0 Å². The van der Waals surface area contributed by atoms with Crippen molar-refractivity contribution in [3.8, 4) is 0 Å². The molecule has 1 unspecified atom stereocenters. The molecule has 4 heteroatoms. The van der Waals surface area contributed by atoms with Crippen molar-refractivity contribution < 1.29 is 0 Å². The van der Waals surface area contributed by atoms with Crippen molar-refractivity contribution >= 4 is 16.5 Å². The fraction of sp³-hybridized carbons (Fsp3) is 0.800. The Hall–Kier alpha value is -0.610. The summed E-state index contributed by atoms with van der Waals surface area (Å²) in [5.74, 6) is 0. The molecule has 1 aliphatic rings. The van der Waals surface area contributed by atoms with E-state index in [0.717, 1.165) is 19.1 Å². The van der Waals surface area contributed by atoms with Crippen LogP contribution in [0.25, 0.3) is 0 Å². The van der Waals surface area contributed by atoms with E-state index in [1.54, 1.807) is 0 Å². The van der Waals surface area contributed by atoms with Gasteiger partial charge in [-0.25, -0.2) is 4.98 Å². The Labute approximate surface area is 121 Å². The third kappa shape index (κ3) is 4.18. The topological polar surface area (TPSA) is 28.2 Å². The fourth-order valence-corrected chi connectivity index (χ4v) is 3.76. The summed E-state index contributed by atoms with van der Waals surface area (Å²) in [5, 5.41) is 4.70. The van der Waals surface area contributed by atoms with E-state index in [-0.39, 0.29) is 0 Å². The van der Waals surface area contributed by atoms with Gasteiger partial charge in [-0.05, 0) is 38.6 Å². The third-order valence-corrected chi connectivity index (χ3v) is 4.80. The average molecular weight is 281 g/mol. The van der Waals surface area contributed by atoms with Crippen LogP contribution in [0, 0.1) is 0 Å². The molecule has 1 atom stereocenters. The first-order valence-corrected chi connectivity index (χ1v) is 8.58. The molecular formula is C15H27N3S. The molecule has 0 saturated carbocycles. The van der Waals surface area contributed by atoms with Gasteiger partial charge in [0.05, 0.1) is 0 Å². The molecular weight excluding hydrogens is 254 g/mol. The first-order valence-electron chi connectivity index (χ1n) is 7.77. The summed E-state index contributed by atoms with van der Waals surface area (Å²) in [7, 11) is 0. The molecule has 0 radical (unpaired) electrons. The lowest BCUT2D eigenvalue weighted by molar-refractivity contribution is 0.434. The smallest absolute Gasteiger partial charge is 0.185 e. The predicted octanol–water partition coefficient (Wildman–Crippen LogP) is 3.80. The highest BCUT2D eigenvalue weighted by Crippen LogP contribution is 2.30. The van der Waals surface area contributed by atoms with Gasteiger partial charge in [-0.1, -0.05) is 20.3 Å². The Kier molecular flexibility index (Phi) is 6.11. The predicted molar refractivity (Wildman–Crippen MR) is 84.0 cm³/mol. The van der Waals surface area contributed by atoms with E-state index < -0.39 is 0 Å². The van der Waals surface area contributed by atoms with Gasteiger partial charge >= 0.3 is 0 Å². The van der Waals surface area contributed by atoms with Crippen molar-refractivity contribution in [1.82, 2.24) is 10.3 Å². The van der Waals surface area contributed by atoms with Gasteiger partial charge in [-0.3, -0.25) is 0 Å². The van der Waals surface area contributed by atoms with E-state index in [0.29, 0.717) is 0 Å². The number of rotatable bonds is 7.